The van der Waals surface area contributed by atoms with Gasteiger partial charge in [0.1, 0.15) is 5.82 Å². The predicted molar refractivity (Wildman–Crippen MR) is 121 cm³/mol. The second-order valence-electron chi connectivity index (χ2n) is 8.77. The Morgan fingerprint density at radius 3 is 2.52 bits per heavy atom. The van der Waals surface area contributed by atoms with Crippen LogP contribution in [0.4, 0.5) is 5.82 Å². The third-order valence-corrected chi connectivity index (χ3v) is 6.74. The van der Waals surface area contributed by atoms with Crippen molar-refractivity contribution in [2.45, 2.75) is 45.2 Å². The van der Waals surface area contributed by atoms with Crippen LogP contribution in [0.1, 0.15) is 32.6 Å². The average Bonchev–Trinajstić information content (AvgIpc) is 2.78. The van der Waals surface area contributed by atoms with Crippen LogP contribution in [0.5, 0.6) is 0 Å². The summed E-state index contributed by atoms with van der Waals surface area (Å²) in [5.41, 5.74) is -0.627. The lowest BCUT2D eigenvalue weighted by atomic mass is 9.94. The molecule has 1 aromatic heterocycles. The van der Waals surface area contributed by atoms with Gasteiger partial charge >= 0.3 is 5.69 Å². The molecule has 0 bridgehead atoms. The van der Waals surface area contributed by atoms with Crippen LogP contribution in [-0.2, 0) is 23.1 Å². The zero-order valence-corrected chi connectivity index (χ0v) is 19.4. The Morgan fingerprint density at radius 1 is 1.16 bits per heavy atom. The van der Waals surface area contributed by atoms with Gasteiger partial charge in [0.2, 0.25) is 5.91 Å². The minimum atomic E-state index is -0.314. The number of amides is 1. The summed E-state index contributed by atoms with van der Waals surface area (Å²) in [6.45, 7) is 6.76. The Labute approximate surface area is 184 Å². The van der Waals surface area contributed by atoms with Gasteiger partial charge in [-0.15, -0.1) is 0 Å². The van der Waals surface area contributed by atoms with Crippen LogP contribution in [0, 0.1) is 5.92 Å². The quantitative estimate of drug-likeness (QED) is 0.615. The summed E-state index contributed by atoms with van der Waals surface area (Å²) in [6.07, 6.45) is 3.64. The maximum absolute atomic E-state index is 13.6. The van der Waals surface area contributed by atoms with Crippen molar-refractivity contribution >= 4 is 11.7 Å². The molecule has 31 heavy (non-hydrogen) atoms. The summed E-state index contributed by atoms with van der Waals surface area (Å²) in [4.78, 5) is 44.8. The van der Waals surface area contributed by atoms with Gasteiger partial charge in [0.05, 0.1) is 12.5 Å². The summed E-state index contributed by atoms with van der Waals surface area (Å²) in [5.74, 6) is 0.649. The van der Waals surface area contributed by atoms with Gasteiger partial charge in [0.15, 0.2) is 0 Å². The van der Waals surface area contributed by atoms with Crippen LogP contribution in [0.3, 0.4) is 0 Å². The molecular weight excluding hydrogens is 398 g/mol. The third kappa shape index (κ3) is 5.20. The highest BCUT2D eigenvalue weighted by atomic mass is 16.5. The molecular formula is C22H37N5O4. The van der Waals surface area contributed by atoms with Crippen molar-refractivity contribution in [3.05, 3.63) is 26.9 Å². The highest BCUT2D eigenvalue weighted by Crippen LogP contribution is 2.26. The minimum absolute atomic E-state index is 0.144. The molecule has 0 aromatic carbocycles. The van der Waals surface area contributed by atoms with E-state index in [1.807, 2.05) is 16.7 Å². The van der Waals surface area contributed by atoms with Gasteiger partial charge in [-0.3, -0.25) is 18.7 Å². The Hall–Kier alpha value is -2.13. The standard InChI is InChI=1S/C22H37N5O4/c1-5-26-19(15-20(28)24(3)22(26)30)25-10-6-7-17(16-25)21(29)27(13-14-31-4)18-8-11-23(2)12-9-18/h15,17-18H,5-14,16H2,1-4H3. The molecule has 0 saturated carbocycles. The summed E-state index contributed by atoms with van der Waals surface area (Å²) in [6, 6.07) is 1.77. The fourth-order valence-corrected chi connectivity index (χ4v) is 4.81. The largest absolute Gasteiger partial charge is 0.383 e. The van der Waals surface area contributed by atoms with Gasteiger partial charge in [0.25, 0.3) is 5.56 Å². The monoisotopic (exact) mass is 435 g/mol. The molecule has 0 spiro atoms. The van der Waals surface area contributed by atoms with Crippen molar-refractivity contribution < 1.29 is 9.53 Å². The van der Waals surface area contributed by atoms with Crippen molar-refractivity contribution in [1.82, 2.24) is 18.9 Å². The first-order chi connectivity index (χ1) is 14.9. The lowest BCUT2D eigenvalue weighted by Gasteiger charge is -2.41. The molecule has 0 N–H and O–H groups in total. The summed E-state index contributed by atoms with van der Waals surface area (Å²) < 4.78 is 8.04. The van der Waals surface area contributed by atoms with Crippen LogP contribution in [0.2, 0.25) is 0 Å². The normalized spacial score (nSPS) is 20.8. The molecule has 1 unspecified atom stereocenters. The van der Waals surface area contributed by atoms with E-state index in [9.17, 15) is 14.4 Å². The molecule has 3 heterocycles. The van der Waals surface area contributed by atoms with Gasteiger partial charge < -0.3 is 19.4 Å². The van der Waals surface area contributed by atoms with Crippen LogP contribution in [0.15, 0.2) is 15.7 Å². The lowest BCUT2D eigenvalue weighted by Crippen LogP contribution is -2.53. The van der Waals surface area contributed by atoms with Crippen LogP contribution in [-0.4, -0.2) is 84.4 Å². The number of hydrogen-bond donors (Lipinski definition) is 0. The summed E-state index contributed by atoms with van der Waals surface area (Å²) in [5, 5.41) is 0. The van der Waals surface area contributed by atoms with Gasteiger partial charge in [0, 0.05) is 52.4 Å². The fourth-order valence-electron chi connectivity index (χ4n) is 4.81. The molecule has 2 aliphatic heterocycles. The number of piperidine rings is 2. The Bertz CT molecular complexity index is 872. The zero-order chi connectivity index (χ0) is 22.5. The Morgan fingerprint density at radius 2 is 1.87 bits per heavy atom. The van der Waals surface area contributed by atoms with E-state index in [2.05, 4.69) is 11.9 Å². The van der Waals surface area contributed by atoms with Crippen LogP contribution < -0.4 is 16.1 Å². The van der Waals surface area contributed by atoms with Crippen molar-refractivity contribution in [3.8, 4) is 0 Å². The molecule has 174 valence electrons. The van der Waals surface area contributed by atoms with Crippen molar-refractivity contribution in [1.29, 1.82) is 0 Å². The number of anilines is 1. The smallest absolute Gasteiger partial charge is 0.332 e. The zero-order valence-electron chi connectivity index (χ0n) is 19.4. The molecule has 1 aromatic rings. The first kappa shape index (κ1) is 23.5. The molecule has 0 radical (unpaired) electrons. The topological polar surface area (TPSA) is 80.0 Å². The second kappa shape index (κ2) is 10.5. The van der Waals surface area contributed by atoms with Gasteiger partial charge in [-0.2, -0.15) is 0 Å². The first-order valence-corrected chi connectivity index (χ1v) is 11.4. The lowest BCUT2D eigenvalue weighted by molar-refractivity contribution is -0.140. The van der Waals surface area contributed by atoms with E-state index in [0.29, 0.717) is 32.1 Å². The molecule has 9 heteroatoms. The number of aromatic nitrogens is 2. The van der Waals surface area contributed by atoms with E-state index >= 15 is 0 Å². The predicted octanol–water partition coefficient (Wildman–Crippen LogP) is 0.353. The maximum atomic E-state index is 13.6. The first-order valence-electron chi connectivity index (χ1n) is 11.4. The van der Waals surface area contributed by atoms with Gasteiger partial charge in [-0.05, 0) is 52.7 Å². The van der Waals surface area contributed by atoms with E-state index < -0.39 is 0 Å². The number of rotatable bonds is 7. The number of ether oxygens (including phenoxy) is 1. The average molecular weight is 436 g/mol. The highest BCUT2D eigenvalue weighted by molar-refractivity contribution is 5.80. The molecule has 1 amide bonds. The second-order valence-corrected chi connectivity index (χ2v) is 8.77. The summed E-state index contributed by atoms with van der Waals surface area (Å²) in [7, 11) is 5.28. The number of carbonyl (C=O) groups excluding carboxylic acids is 1. The van der Waals surface area contributed by atoms with E-state index in [0.717, 1.165) is 49.9 Å². The van der Waals surface area contributed by atoms with Crippen molar-refractivity contribution in [2.75, 3.05) is 58.4 Å². The SMILES string of the molecule is CCn1c(N2CCCC(C(=O)N(CCOC)C3CCN(C)CC3)C2)cc(=O)n(C)c1=O. The molecule has 2 saturated heterocycles. The molecule has 2 fully saturated rings. The molecule has 0 aliphatic carbocycles. The Balaban J connectivity index is 1.80. The molecule has 2 aliphatic rings. The van der Waals surface area contributed by atoms with E-state index in [1.165, 1.54) is 13.1 Å². The fraction of sp³-hybridized carbons (Fsp3) is 0.773. The van der Waals surface area contributed by atoms with E-state index in [1.54, 1.807) is 11.7 Å². The molecule has 9 nitrogen and oxygen atoms in total. The van der Waals surface area contributed by atoms with Gasteiger partial charge in [-0.1, -0.05) is 0 Å². The highest BCUT2D eigenvalue weighted by Gasteiger charge is 2.34. The van der Waals surface area contributed by atoms with Crippen molar-refractivity contribution in [3.63, 3.8) is 0 Å². The van der Waals surface area contributed by atoms with Crippen LogP contribution >= 0.6 is 0 Å². The number of likely N-dealkylation sites (tertiary alicyclic amines) is 1. The summed E-state index contributed by atoms with van der Waals surface area (Å²) >= 11 is 0. The van der Waals surface area contributed by atoms with Crippen LogP contribution in [0.25, 0.3) is 0 Å². The van der Waals surface area contributed by atoms with Gasteiger partial charge in [-0.25, -0.2) is 4.79 Å². The minimum Gasteiger partial charge on any atom is -0.383 e. The Kier molecular flexibility index (Phi) is 7.94. The van der Waals surface area contributed by atoms with E-state index in [-0.39, 0.29) is 29.1 Å². The molecule has 1 atom stereocenters. The number of nitrogens with zero attached hydrogens (tertiary/aromatic N) is 5. The van der Waals surface area contributed by atoms with Crippen molar-refractivity contribution in [2.24, 2.45) is 13.0 Å². The number of hydrogen-bond acceptors (Lipinski definition) is 6. The third-order valence-electron chi connectivity index (χ3n) is 6.74. The number of carbonyl (C=O) groups is 1. The number of methoxy groups -OCH3 is 1. The molecule has 3 rings (SSSR count). The van der Waals surface area contributed by atoms with E-state index in [4.69, 9.17) is 4.74 Å². The maximum Gasteiger partial charge on any atom is 0.332 e.